The number of carbonyl (C=O) groups excluding carboxylic acids is 2. The van der Waals surface area contributed by atoms with E-state index >= 15 is 4.39 Å². The predicted octanol–water partition coefficient (Wildman–Crippen LogP) is 2.72. The number of benzene rings is 1. The molecular weight excluding hydrogens is 515 g/mol. The van der Waals surface area contributed by atoms with E-state index in [1.807, 2.05) is 0 Å². The van der Waals surface area contributed by atoms with Crippen LogP contribution in [0, 0.1) is 5.82 Å². The van der Waals surface area contributed by atoms with E-state index in [1.165, 1.54) is 17.0 Å². The van der Waals surface area contributed by atoms with Crippen molar-refractivity contribution in [2.24, 2.45) is 0 Å². The van der Waals surface area contributed by atoms with Gasteiger partial charge < -0.3 is 20.3 Å². The molecule has 1 aliphatic heterocycles. The minimum atomic E-state index is -3.41. The fourth-order valence-corrected chi connectivity index (χ4v) is 4.81. The van der Waals surface area contributed by atoms with E-state index < -0.39 is 45.8 Å². The van der Waals surface area contributed by atoms with Crippen LogP contribution in [0.2, 0.25) is 0 Å². The maximum atomic E-state index is 15.1. The van der Waals surface area contributed by atoms with Gasteiger partial charge in [-0.1, -0.05) is 6.07 Å². The lowest BCUT2D eigenvalue weighted by atomic mass is 9.94. The second-order valence-corrected chi connectivity index (χ2v) is 10.9. The summed E-state index contributed by atoms with van der Waals surface area (Å²) in [5, 5.41) is 5.05. The first-order chi connectivity index (χ1) is 17.5. The van der Waals surface area contributed by atoms with Gasteiger partial charge in [-0.25, -0.2) is 27.3 Å². The standard InChI is InChI=1S/C23H26F3N5O5S/c1-37(34,35)28-13-23(8-9-23)16-6-5-15(11-17(16)24)31-10-2-3-18(20(31)32)30-22(33)29-14-4-7-19(27-12-14)36-21(25)26/h4-7,11-12,18,21,28H,2-3,8-10,13H2,1H3,(H2,29,30,33)/t18-/m1/s1. The van der Waals surface area contributed by atoms with Crippen molar-refractivity contribution < 1.29 is 35.9 Å². The molecule has 2 fully saturated rings. The molecule has 2 aromatic rings. The molecule has 37 heavy (non-hydrogen) atoms. The van der Waals surface area contributed by atoms with E-state index in [1.54, 1.807) is 12.1 Å². The Morgan fingerprint density at radius 2 is 2.03 bits per heavy atom. The molecule has 10 nitrogen and oxygen atoms in total. The number of piperidine rings is 1. The number of sulfonamides is 1. The SMILES string of the molecule is CS(=O)(=O)NCC1(c2ccc(N3CCC[C@@H](NC(=O)Nc4ccc(OC(F)F)nc4)C3=O)cc2F)CC1. The Kier molecular flexibility index (Phi) is 7.59. The Bertz CT molecular complexity index is 1270. The fraction of sp³-hybridized carbons (Fsp3) is 0.435. The summed E-state index contributed by atoms with van der Waals surface area (Å²) in [6, 6.07) is 5.38. The zero-order valence-electron chi connectivity index (χ0n) is 19.8. The van der Waals surface area contributed by atoms with Gasteiger partial charge in [0.2, 0.25) is 21.8 Å². The van der Waals surface area contributed by atoms with Crippen LogP contribution < -0.4 is 25.0 Å². The Morgan fingerprint density at radius 3 is 2.62 bits per heavy atom. The first kappa shape index (κ1) is 26.7. The number of anilines is 2. The fourth-order valence-electron chi connectivity index (χ4n) is 4.27. The van der Waals surface area contributed by atoms with Crippen LogP contribution in [0.5, 0.6) is 5.88 Å². The number of carbonyl (C=O) groups is 2. The lowest BCUT2D eigenvalue weighted by Crippen LogP contribution is -2.53. The molecule has 2 heterocycles. The minimum Gasteiger partial charge on any atom is -0.417 e. The number of ether oxygens (including phenoxy) is 1. The van der Waals surface area contributed by atoms with Crippen molar-refractivity contribution >= 4 is 33.3 Å². The van der Waals surface area contributed by atoms with Gasteiger partial charge in [0, 0.05) is 30.3 Å². The van der Waals surface area contributed by atoms with Crippen LogP contribution in [0.3, 0.4) is 0 Å². The normalized spacial score (nSPS) is 19.0. The molecule has 0 bridgehead atoms. The molecule has 0 radical (unpaired) electrons. The Hall–Kier alpha value is -3.39. The van der Waals surface area contributed by atoms with E-state index in [0.29, 0.717) is 43.5 Å². The first-order valence-electron chi connectivity index (χ1n) is 11.5. The molecule has 2 aliphatic rings. The van der Waals surface area contributed by atoms with Crippen molar-refractivity contribution in [1.82, 2.24) is 15.0 Å². The van der Waals surface area contributed by atoms with E-state index in [2.05, 4.69) is 25.1 Å². The number of pyridine rings is 1. The van der Waals surface area contributed by atoms with E-state index in [0.717, 1.165) is 18.5 Å². The molecule has 1 aromatic carbocycles. The Balaban J connectivity index is 1.38. The molecule has 14 heteroatoms. The minimum absolute atomic E-state index is 0.101. The summed E-state index contributed by atoms with van der Waals surface area (Å²) >= 11 is 0. The average Bonchev–Trinajstić information content (AvgIpc) is 3.60. The number of rotatable bonds is 9. The largest absolute Gasteiger partial charge is 0.417 e. The zero-order chi connectivity index (χ0) is 26.8. The van der Waals surface area contributed by atoms with Crippen LogP contribution in [0.1, 0.15) is 31.2 Å². The summed E-state index contributed by atoms with van der Waals surface area (Å²) in [6.45, 7) is -2.58. The molecule has 1 saturated carbocycles. The zero-order valence-corrected chi connectivity index (χ0v) is 20.7. The molecule has 0 unspecified atom stereocenters. The monoisotopic (exact) mass is 541 g/mol. The third kappa shape index (κ3) is 6.68. The molecule has 1 aliphatic carbocycles. The predicted molar refractivity (Wildman–Crippen MR) is 129 cm³/mol. The highest BCUT2D eigenvalue weighted by atomic mass is 32.2. The number of hydrogen-bond acceptors (Lipinski definition) is 6. The molecule has 1 atom stereocenters. The first-order valence-corrected chi connectivity index (χ1v) is 13.4. The number of urea groups is 1. The lowest BCUT2D eigenvalue weighted by molar-refractivity contribution is -0.121. The average molecular weight is 542 g/mol. The number of aromatic nitrogens is 1. The molecule has 0 spiro atoms. The van der Waals surface area contributed by atoms with E-state index in [9.17, 15) is 26.8 Å². The van der Waals surface area contributed by atoms with Gasteiger partial charge in [0.05, 0.1) is 18.1 Å². The molecular formula is C23H26F3N5O5S. The van der Waals surface area contributed by atoms with Crippen molar-refractivity contribution in [3.8, 4) is 5.88 Å². The van der Waals surface area contributed by atoms with Gasteiger partial charge in [0.1, 0.15) is 11.9 Å². The van der Waals surface area contributed by atoms with Crippen LogP contribution in [0.15, 0.2) is 36.5 Å². The van der Waals surface area contributed by atoms with Gasteiger partial charge in [-0.2, -0.15) is 8.78 Å². The van der Waals surface area contributed by atoms with Crippen LogP contribution >= 0.6 is 0 Å². The Morgan fingerprint density at radius 1 is 1.27 bits per heavy atom. The number of nitrogens with one attached hydrogen (secondary N) is 3. The van der Waals surface area contributed by atoms with Crippen molar-refractivity contribution in [3.05, 3.63) is 47.9 Å². The number of hydrogen-bond donors (Lipinski definition) is 3. The molecule has 1 saturated heterocycles. The lowest BCUT2D eigenvalue weighted by Gasteiger charge is -2.33. The highest BCUT2D eigenvalue weighted by Crippen LogP contribution is 2.49. The second-order valence-electron chi connectivity index (χ2n) is 9.08. The number of halogens is 3. The summed E-state index contributed by atoms with van der Waals surface area (Å²) in [5.41, 5.74) is 0.336. The summed E-state index contributed by atoms with van der Waals surface area (Å²) < 4.78 is 69.1. The maximum absolute atomic E-state index is 15.1. The van der Waals surface area contributed by atoms with Crippen molar-refractivity contribution in [1.29, 1.82) is 0 Å². The number of amides is 3. The van der Waals surface area contributed by atoms with Gasteiger partial charge in [0.15, 0.2) is 0 Å². The number of nitrogens with zero attached hydrogens (tertiary/aromatic N) is 2. The van der Waals surface area contributed by atoms with E-state index in [-0.39, 0.29) is 18.1 Å². The summed E-state index contributed by atoms with van der Waals surface area (Å²) in [4.78, 5) is 30.5. The molecule has 4 rings (SSSR count). The van der Waals surface area contributed by atoms with Gasteiger partial charge in [0.25, 0.3) is 0 Å². The van der Waals surface area contributed by atoms with Crippen LogP contribution in [-0.4, -0.2) is 57.3 Å². The van der Waals surface area contributed by atoms with Crippen molar-refractivity contribution in [3.63, 3.8) is 0 Å². The topological polar surface area (TPSA) is 130 Å². The molecule has 3 amide bonds. The van der Waals surface area contributed by atoms with E-state index in [4.69, 9.17) is 0 Å². The summed E-state index contributed by atoms with van der Waals surface area (Å²) in [5.74, 6) is -1.25. The third-order valence-electron chi connectivity index (χ3n) is 6.31. The van der Waals surface area contributed by atoms with Gasteiger partial charge in [-0.15, -0.1) is 0 Å². The van der Waals surface area contributed by atoms with Crippen LogP contribution in [0.25, 0.3) is 0 Å². The summed E-state index contributed by atoms with van der Waals surface area (Å²) in [6.07, 6.45) is 4.41. The molecule has 200 valence electrons. The smallest absolute Gasteiger partial charge is 0.388 e. The maximum Gasteiger partial charge on any atom is 0.388 e. The van der Waals surface area contributed by atoms with Gasteiger partial charge >= 0.3 is 12.6 Å². The number of alkyl halides is 2. The molecule has 3 N–H and O–H groups in total. The van der Waals surface area contributed by atoms with Crippen LogP contribution in [-0.2, 0) is 20.2 Å². The highest BCUT2D eigenvalue weighted by molar-refractivity contribution is 7.88. The highest BCUT2D eigenvalue weighted by Gasteiger charge is 2.46. The van der Waals surface area contributed by atoms with Crippen molar-refractivity contribution in [2.45, 2.75) is 43.8 Å². The van der Waals surface area contributed by atoms with Gasteiger partial charge in [-0.05, 0) is 49.4 Å². The quantitative estimate of drug-likeness (QED) is 0.448. The van der Waals surface area contributed by atoms with Crippen molar-refractivity contribution in [2.75, 3.05) is 29.6 Å². The third-order valence-corrected chi connectivity index (χ3v) is 6.98. The second kappa shape index (κ2) is 10.5. The summed E-state index contributed by atoms with van der Waals surface area (Å²) in [7, 11) is -3.41. The molecule has 1 aromatic heterocycles. The van der Waals surface area contributed by atoms with Gasteiger partial charge in [-0.3, -0.25) is 4.79 Å². The van der Waals surface area contributed by atoms with Crippen LogP contribution in [0.4, 0.5) is 29.3 Å². The Labute approximate surface area is 211 Å².